The monoisotopic (exact) mass is 308 g/mol. The highest BCUT2D eigenvalue weighted by Gasteiger charge is 2.22. The van der Waals surface area contributed by atoms with Crippen LogP contribution in [0.2, 0.25) is 0 Å². The fourth-order valence-electron chi connectivity index (χ4n) is 2.45. The number of piperazine rings is 1. The van der Waals surface area contributed by atoms with Crippen LogP contribution < -0.4 is 10.2 Å². The first-order valence-electron chi connectivity index (χ1n) is 7.35. The molecule has 0 aliphatic carbocycles. The van der Waals surface area contributed by atoms with Gasteiger partial charge in [0, 0.05) is 38.6 Å². The Hall–Kier alpha value is -3.14. The van der Waals surface area contributed by atoms with E-state index in [0.717, 1.165) is 0 Å². The number of carbonyl (C=O) groups excluding carboxylic acids is 1. The zero-order chi connectivity index (χ0) is 16.1. The number of amides is 2. The summed E-state index contributed by atoms with van der Waals surface area (Å²) < 4.78 is 0. The van der Waals surface area contributed by atoms with Crippen molar-refractivity contribution in [2.24, 2.45) is 0 Å². The van der Waals surface area contributed by atoms with E-state index in [1.54, 1.807) is 47.6 Å². The zero-order valence-electron chi connectivity index (χ0n) is 12.5. The Morgan fingerprint density at radius 3 is 2.48 bits per heavy atom. The molecule has 1 aliphatic rings. The molecule has 3 rings (SSSR count). The van der Waals surface area contributed by atoms with E-state index in [2.05, 4.69) is 21.4 Å². The summed E-state index contributed by atoms with van der Waals surface area (Å²) >= 11 is 0. The van der Waals surface area contributed by atoms with Gasteiger partial charge in [-0.3, -0.25) is 0 Å². The van der Waals surface area contributed by atoms with Gasteiger partial charge < -0.3 is 15.1 Å². The lowest BCUT2D eigenvalue weighted by Gasteiger charge is -2.34. The van der Waals surface area contributed by atoms with Crippen LogP contribution in [0.25, 0.3) is 0 Å². The molecule has 1 fully saturated rings. The third-order valence-electron chi connectivity index (χ3n) is 3.69. The Balaban J connectivity index is 1.59. The summed E-state index contributed by atoms with van der Waals surface area (Å²) in [6, 6.07) is 10.6. The summed E-state index contributed by atoms with van der Waals surface area (Å²) in [5, 5.41) is 11.9. The molecular weight excluding hydrogens is 292 g/mol. The highest BCUT2D eigenvalue weighted by atomic mass is 16.2. The van der Waals surface area contributed by atoms with Crippen LogP contribution in [0.1, 0.15) is 5.56 Å². The number of nitrogens with one attached hydrogen (secondary N) is 1. The van der Waals surface area contributed by atoms with Crippen molar-refractivity contribution in [1.29, 1.82) is 5.26 Å². The number of rotatable bonds is 2. The van der Waals surface area contributed by atoms with Gasteiger partial charge in [0.2, 0.25) is 5.95 Å². The number of hydrogen-bond acceptors (Lipinski definition) is 5. The molecule has 0 spiro atoms. The van der Waals surface area contributed by atoms with Crippen LogP contribution in [0.3, 0.4) is 0 Å². The number of benzene rings is 1. The first-order chi connectivity index (χ1) is 11.3. The lowest BCUT2D eigenvalue weighted by molar-refractivity contribution is 0.208. The van der Waals surface area contributed by atoms with Gasteiger partial charge in [0.1, 0.15) is 6.07 Å². The van der Waals surface area contributed by atoms with E-state index in [1.165, 1.54) is 0 Å². The molecular formula is C16H16N6O. The Morgan fingerprint density at radius 1 is 1.09 bits per heavy atom. The topological polar surface area (TPSA) is 85.2 Å². The third kappa shape index (κ3) is 3.37. The van der Waals surface area contributed by atoms with Crippen molar-refractivity contribution in [1.82, 2.24) is 14.9 Å². The summed E-state index contributed by atoms with van der Waals surface area (Å²) in [5.41, 5.74) is 0.992. The highest BCUT2D eigenvalue weighted by Crippen LogP contribution is 2.15. The average molecular weight is 308 g/mol. The molecule has 0 radical (unpaired) electrons. The van der Waals surface area contributed by atoms with E-state index in [-0.39, 0.29) is 6.03 Å². The van der Waals surface area contributed by atoms with Gasteiger partial charge in [0.05, 0.1) is 11.3 Å². The van der Waals surface area contributed by atoms with E-state index >= 15 is 0 Å². The first-order valence-corrected chi connectivity index (χ1v) is 7.35. The molecule has 1 aromatic carbocycles. The Labute approximate surface area is 134 Å². The summed E-state index contributed by atoms with van der Waals surface area (Å²) in [4.78, 5) is 24.6. The lowest BCUT2D eigenvalue weighted by Crippen LogP contribution is -2.50. The maximum atomic E-state index is 12.3. The van der Waals surface area contributed by atoms with Gasteiger partial charge in [0.15, 0.2) is 0 Å². The number of urea groups is 1. The first kappa shape index (κ1) is 14.8. The molecule has 0 saturated carbocycles. The van der Waals surface area contributed by atoms with Gasteiger partial charge in [0.25, 0.3) is 0 Å². The molecule has 0 unspecified atom stereocenters. The molecule has 116 valence electrons. The molecule has 0 atom stereocenters. The number of carbonyl (C=O) groups is 1. The molecule has 1 saturated heterocycles. The van der Waals surface area contributed by atoms with Crippen molar-refractivity contribution in [3.05, 3.63) is 48.3 Å². The SMILES string of the molecule is N#Cc1ccccc1NC(=O)N1CCN(c2ncccn2)CC1. The number of aromatic nitrogens is 2. The van der Waals surface area contributed by atoms with E-state index < -0.39 is 0 Å². The fourth-order valence-corrected chi connectivity index (χ4v) is 2.45. The molecule has 23 heavy (non-hydrogen) atoms. The third-order valence-corrected chi connectivity index (χ3v) is 3.69. The molecule has 1 N–H and O–H groups in total. The summed E-state index contributed by atoms with van der Waals surface area (Å²) in [6.07, 6.45) is 3.42. The fraction of sp³-hybridized carbons (Fsp3) is 0.250. The van der Waals surface area contributed by atoms with Crippen LogP contribution in [0.15, 0.2) is 42.7 Å². The maximum Gasteiger partial charge on any atom is 0.322 e. The van der Waals surface area contributed by atoms with Crippen molar-refractivity contribution >= 4 is 17.7 Å². The van der Waals surface area contributed by atoms with Gasteiger partial charge >= 0.3 is 6.03 Å². The quantitative estimate of drug-likeness (QED) is 0.912. The smallest absolute Gasteiger partial charge is 0.322 e. The van der Waals surface area contributed by atoms with Gasteiger partial charge in [-0.15, -0.1) is 0 Å². The second kappa shape index (κ2) is 6.75. The van der Waals surface area contributed by atoms with Gasteiger partial charge in [-0.1, -0.05) is 12.1 Å². The summed E-state index contributed by atoms with van der Waals surface area (Å²) in [6.45, 7) is 2.52. The predicted octanol–water partition coefficient (Wildman–Crippen LogP) is 1.70. The Bertz CT molecular complexity index is 719. The molecule has 2 heterocycles. The molecule has 7 heteroatoms. The van der Waals surface area contributed by atoms with Crippen molar-refractivity contribution in [2.75, 3.05) is 36.4 Å². The predicted molar refractivity (Wildman–Crippen MR) is 86.0 cm³/mol. The van der Waals surface area contributed by atoms with Crippen molar-refractivity contribution in [2.45, 2.75) is 0 Å². The minimum Gasteiger partial charge on any atom is -0.337 e. The second-order valence-corrected chi connectivity index (χ2v) is 5.11. The minimum atomic E-state index is -0.193. The highest BCUT2D eigenvalue weighted by molar-refractivity contribution is 5.90. The van der Waals surface area contributed by atoms with Crippen LogP contribution >= 0.6 is 0 Å². The largest absolute Gasteiger partial charge is 0.337 e. The van der Waals surface area contributed by atoms with Crippen LogP contribution in [0.4, 0.5) is 16.4 Å². The molecule has 2 aromatic rings. The Morgan fingerprint density at radius 2 is 1.78 bits per heavy atom. The van der Waals surface area contributed by atoms with Gasteiger partial charge in [-0.2, -0.15) is 5.26 Å². The molecule has 1 aromatic heterocycles. The number of hydrogen-bond donors (Lipinski definition) is 1. The maximum absolute atomic E-state index is 12.3. The summed E-state index contributed by atoms with van der Waals surface area (Å²) in [7, 11) is 0. The minimum absolute atomic E-state index is 0.193. The number of para-hydroxylation sites is 1. The van der Waals surface area contributed by atoms with E-state index in [1.807, 2.05) is 4.90 Å². The van der Waals surface area contributed by atoms with Crippen LogP contribution in [-0.2, 0) is 0 Å². The van der Waals surface area contributed by atoms with E-state index in [9.17, 15) is 4.79 Å². The van der Waals surface area contributed by atoms with Gasteiger partial charge in [-0.05, 0) is 18.2 Å². The Kier molecular flexibility index (Phi) is 4.34. The number of nitriles is 1. The lowest BCUT2D eigenvalue weighted by atomic mass is 10.2. The summed E-state index contributed by atoms with van der Waals surface area (Å²) in [5.74, 6) is 0.683. The normalized spacial score (nSPS) is 14.2. The molecule has 1 aliphatic heterocycles. The molecule has 0 bridgehead atoms. The standard InChI is InChI=1S/C16H16N6O/c17-12-13-4-1-2-5-14(13)20-16(23)22-10-8-21(9-11-22)15-18-6-3-7-19-15/h1-7H,8-11H2,(H,20,23). The van der Waals surface area contributed by atoms with Crippen LogP contribution in [0, 0.1) is 11.3 Å². The van der Waals surface area contributed by atoms with Crippen molar-refractivity contribution in [3.63, 3.8) is 0 Å². The van der Waals surface area contributed by atoms with E-state index in [0.29, 0.717) is 43.4 Å². The van der Waals surface area contributed by atoms with Crippen LogP contribution in [0.5, 0.6) is 0 Å². The number of nitrogens with zero attached hydrogens (tertiary/aromatic N) is 5. The van der Waals surface area contributed by atoms with Crippen LogP contribution in [-0.4, -0.2) is 47.1 Å². The molecule has 2 amide bonds. The zero-order valence-corrected chi connectivity index (χ0v) is 12.5. The average Bonchev–Trinajstić information content (AvgIpc) is 2.63. The van der Waals surface area contributed by atoms with Gasteiger partial charge in [-0.25, -0.2) is 14.8 Å². The van der Waals surface area contributed by atoms with Crippen molar-refractivity contribution < 1.29 is 4.79 Å². The van der Waals surface area contributed by atoms with Crippen molar-refractivity contribution in [3.8, 4) is 6.07 Å². The number of anilines is 2. The molecule has 7 nitrogen and oxygen atoms in total. The van der Waals surface area contributed by atoms with E-state index in [4.69, 9.17) is 5.26 Å². The second-order valence-electron chi connectivity index (χ2n) is 5.11.